The van der Waals surface area contributed by atoms with Crippen molar-refractivity contribution < 1.29 is 9.90 Å². The van der Waals surface area contributed by atoms with Gasteiger partial charge in [0.2, 0.25) is 0 Å². The zero-order chi connectivity index (χ0) is 13.9. The van der Waals surface area contributed by atoms with Crippen molar-refractivity contribution in [3.63, 3.8) is 0 Å². The second-order valence-electron chi connectivity index (χ2n) is 5.44. The summed E-state index contributed by atoms with van der Waals surface area (Å²) in [5.74, 6) is -0.214. The first-order valence-corrected chi connectivity index (χ1v) is 7.61. The van der Waals surface area contributed by atoms with Crippen molar-refractivity contribution in [2.24, 2.45) is 0 Å². The molecule has 1 atom stereocenters. The van der Waals surface area contributed by atoms with E-state index in [1.807, 2.05) is 25.5 Å². The van der Waals surface area contributed by atoms with Crippen LogP contribution in [0.4, 0.5) is 0 Å². The fourth-order valence-electron chi connectivity index (χ4n) is 2.56. The molecule has 1 aromatic heterocycles. The van der Waals surface area contributed by atoms with Crippen LogP contribution in [0.25, 0.3) is 0 Å². The molecule has 2 N–H and O–H groups in total. The fourth-order valence-corrected chi connectivity index (χ4v) is 3.48. The molecule has 1 fully saturated rings. The molecule has 1 aromatic rings. The van der Waals surface area contributed by atoms with E-state index in [4.69, 9.17) is 0 Å². The second-order valence-corrected chi connectivity index (χ2v) is 6.42. The Morgan fingerprint density at radius 2 is 2.21 bits per heavy atom. The number of likely N-dealkylation sites (N-methyl/N-ethyl adjacent to an activating group) is 1. The highest BCUT2D eigenvalue weighted by molar-refractivity contribution is 7.10. The minimum atomic E-state index is -1.13. The van der Waals surface area contributed by atoms with Crippen molar-refractivity contribution in [2.75, 3.05) is 20.6 Å². The molecule has 106 valence electrons. The smallest absolute Gasteiger partial charge is 0.252 e. The highest BCUT2D eigenvalue weighted by Gasteiger charge is 2.38. The molecule has 1 saturated carbocycles. The zero-order valence-corrected chi connectivity index (χ0v) is 12.4. The van der Waals surface area contributed by atoms with Gasteiger partial charge in [0.15, 0.2) is 0 Å². The van der Waals surface area contributed by atoms with Crippen LogP contribution in [0.1, 0.15) is 36.6 Å². The number of carbonyl (C=O) groups excluding carboxylic acids is 1. The number of amides is 1. The second kappa shape index (κ2) is 6.03. The van der Waals surface area contributed by atoms with Gasteiger partial charge in [0, 0.05) is 11.4 Å². The summed E-state index contributed by atoms with van der Waals surface area (Å²) in [6.45, 7) is 0.536. The van der Waals surface area contributed by atoms with Gasteiger partial charge in [0.05, 0.1) is 6.04 Å². The van der Waals surface area contributed by atoms with Crippen LogP contribution < -0.4 is 5.32 Å². The maximum absolute atomic E-state index is 12.1. The average molecular weight is 282 g/mol. The molecule has 0 radical (unpaired) electrons. The summed E-state index contributed by atoms with van der Waals surface area (Å²) in [6, 6.07) is 4.25. The Balaban J connectivity index is 1.94. The summed E-state index contributed by atoms with van der Waals surface area (Å²) in [5, 5.41) is 15.2. The molecular weight excluding hydrogens is 260 g/mol. The standard InChI is InChI=1S/C14H22N2O2S/c1-16(2)11(12-6-5-9-19-12)10-15-13(17)14(18)7-3-4-8-14/h5-6,9,11,18H,3-4,7-8,10H2,1-2H3,(H,15,17). The molecule has 5 heteroatoms. The molecule has 2 rings (SSSR count). The lowest BCUT2D eigenvalue weighted by Crippen LogP contribution is -2.47. The molecule has 0 bridgehead atoms. The summed E-state index contributed by atoms with van der Waals surface area (Å²) in [4.78, 5) is 15.4. The van der Waals surface area contributed by atoms with Gasteiger partial charge in [0.25, 0.3) is 5.91 Å². The van der Waals surface area contributed by atoms with Crippen LogP contribution in [-0.2, 0) is 4.79 Å². The van der Waals surface area contributed by atoms with Gasteiger partial charge in [-0.15, -0.1) is 11.3 Å². The highest BCUT2D eigenvalue weighted by Crippen LogP contribution is 2.30. The first-order valence-electron chi connectivity index (χ1n) is 6.73. The van der Waals surface area contributed by atoms with Crippen LogP contribution in [0.3, 0.4) is 0 Å². The molecule has 1 heterocycles. The Bertz CT molecular complexity index is 411. The number of rotatable bonds is 5. The molecule has 0 spiro atoms. The van der Waals surface area contributed by atoms with Gasteiger partial charge in [-0.1, -0.05) is 6.07 Å². The van der Waals surface area contributed by atoms with Crippen LogP contribution >= 0.6 is 11.3 Å². The van der Waals surface area contributed by atoms with E-state index in [0.29, 0.717) is 19.4 Å². The lowest BCUT2D eigenvalue weighted by Gasteiger charge is -2.26. The van der Waals surface area contributed by atoms with E-state index in [1.54, 1.807) is 11.3 Å². The van der Waals surface area contributed by atoms with Crippen LogP contribution in [0.5, 0.6) is 0 Å². The van der Waals surface area contributed by atoms with Crippen LogP contribution in [-0.4, -0.2) is 42.2 Å². The van der Waals surface area contributed by atoms with E-state index in [0.717, 1.165) is 12.8 Å². The molecule has 19 heavy (non-hydrogen) atoms. The normalized spacial score (nSPS) is 19.6. The topological polar surface area (TPSA) is 52.6 Å². The molecular formula is C14H22N2O2S. The van der Waals surface area contributed by atoms with Gasteiger partial charge in [-0.05, 0) is 51.2 Å². The fraction of sp³-hybridized carbons (Fsp3) is 0.643. The van der Waals surface area contributed by atoms with E-state index in [9.17, 15) is 9.90 Å². The first-order chi connectivity index (χ1) is 9.03. The third-order valence-corrected chi connectivity index (χ3v) is 4.78. The van der Waals surface area contributed by atoms with Crippen LogP contribution in [0, 0.1) is 0 Å². The van der Waals surface area contributed by atoms with Gasteiger partial charge in [-0.2, -0.15) is 0 Å². The molecule has 1 amide bonds. The molecule has 0 aliphatic heterocycles. The van der Waals surface area contributed by atoms with Crippen molar-refractivity contribution in [1.29, 1.82) is 0 Å². The molecule has 1 aliphatic carbocycles. The molecule has 1 aliphatic rings. The minimum absolute atomic E-state index is 0.161. The Morgan fingerprint density at radius 1 is 1.53 bits per heavy atom. The molecule has 4 nitrogen and oxygen atoms in total. The van der Waals surface area contributed by atoms with Gasteiger partial charge in [-0.3, -0.25) is 4.79 Å². The Morgan fingerprint density at radius 3 is 2.74 bits per heavy atom. The first kappa shape index (κ1) is 14.5. The summed E-state index contributed by atoms with van der Waals surface area (Å²) < 4.78 is 0. The third kappa shape index (κ3) is 3.35. The summed E-state index contributed by atoms with van der Waals surface area (Å²) >= 11 is 1.69. The lowest BCUT2D eigenvalue weighted by atomic mass is 10.0. The number of aliphatic hydroxyl groups is 1. The van der Waals surface area contributed by atoms with Gasteiger partial charge < -0.3 is 15.3 Å². The van der Waals surface area contributed by atoms with Gasteiger partial charge in [-0.25, -0.2) is 0 Å². The van der Waals surface area contributed by atoms with Gasteiger partial charge in [0.1, 0.15) is 5.60 Å². The quantitative estimate of drug-likeness (QED) is 0.865. The minimum Gasteiger partial charge on any atom is -0.380 e. The SMILES string of the molecule is CN(C)C(CNC(=O)C1(O)CCCC1)c1cccs1. The predicted molar refractivity (Wildman–Crippen MR) is 77.2 cm³/mol. The van der Waals surface area contributed by atoms with Crippen LogP contribution in [0.2, 0.25) is 0 Å². The van der Waals surface area contributed by atoms with Crippen molar-refractivity contribution >= 4 is 17.2 Å². The lowest BCUT2D eigenvalue weighted by molar-refractivity contribution is -0.139. The number of carbonyl (C=O) groups is 1. The van der Waals surface area contributed by atoms with E-state index in [1.165, 1.54) is 4.88 Å². The molecule has 1 unspecified atom stereocenters. The number of nitrogens with one attached hydrogen (secondary N) is 1. The monoisotopic (exact) mass is 282 g/mol. The van der Waals surface area contributed by atoms with Crippen molar-refractivity contribution in [1.82, 2.24) is 10.2 Å². The number of nitrogens with zero attached hydrogens (tertiary/aromatic N) is 1. The molecule has 0 aromatic carbocycles. The van der Waals surface area contributed by atoms with Crippen molar-refractivity contribution in [3.8, 4) is 0 Å². The Kier molecular flexibility index (Phi) is 4.60. The average Bonchev–Trinajstić information content (AvgIpc) is 3.01. The number of hydrogen-bond donors (Lipinski definition) is 2. The summed E-state index contributed by atoms with van der Waals surface area (Å²) in [5.41, 5.74) is -1.13. The predicted octanol–water partition coefficient (Wildman–Crippen LogP) is 1.77. The highest BCUT2D eigenvalue weighted by atomic mass is 32.1. The number of thiophene rings is 1. The van der Waals surface area contributed by atoms with E-state index in [2.05, 4.69) is 16.3 Å². The van der Waals surface area contributed by atoms with Crippen molar-refractivity contribution in [2.45, 2.75) is 37.3 Å². The van der Waals surface area contributed by atoms with E-state index < -0.39 is 5.60 Å². The maximum atomic E-state index is 12.1. The largest absolute Gasteiger partial charge is 0.380 e. The maximum Gasteiger partial charge on any atom is 0.252 e. The Hall–Kier alpha value is -0.910. The zero-order valence-electron chi connectivity index (χ0n) is 11.6. The van der Waals surface area contributed by atoms with Gasteiger partial charge >= 0.3 is 0 Å². The van der Waals surface area contributed by atoms with Crippen LogP contribution in [0.15, 0.2) is 17.5 Å². The summed E-state index contributed by atoms with van der Waals surface area (Å²) in [7, 11) is 4.00. The third-order valence-electron chi connectivity index (χ3n) is 3.80. The summed E-state index contributed by atoms with van der Waals surface area (Å²) in [6.07, 6.45) is 3.05. The van der Waals surface area contributed by atoms with E-state index in [-0.39, 0.29) is 11.9 Å². The van der Waals surface area contributed by atoms with E-state index >= 15 is 0 Å². The Labute approximate surface area is 118 Å². The number of hydrogen-bond acceptors (Lipinski definition) is 4. The molecule has 0 saturated heterocycles. The van der Waals surface area contributed by atoms with Crippen molar-refractivity contribution in [3.05, 3.63) is 22.4 Å².